The lowest BCUT2D eigenvalue weighted by Crippen LogP contribution is -2.48. The molecule has 0 aromatic heterocycles. The molecule has 1 rings (SSSR count). The Morgan fingerprint density at radius 2 is 2.00 bits per heavy atom. The van der Waals surface area contributed by atoms with Crippen molar-refractivity contribution in [1.29, 1.82) is 0 Å². The molecule has 0 saturated carbocycles. The van der Waals surface area contributed by atoms with Gasteiger partial charge in [-0.15, -0.1) is 0 Å². The molecule has 1 aromatic rings. The van der Waals surface area contributed by atoms with Crippen LogP contribution >= 0.6 is 15.9 Å². The van der Waals surface area contributed by atoms with E-state index < -0.39 is 0 Å². The predicted octanol–water partition coefficient (Wildman–Crippen LogP) is 2.99. The molecule has 94 valence electrons. The van der Waals surface area contributed by atoms with E-state index in [-0.39, 0.29) is 16.3 Å². The number of nitrogens with one attached hydrogen (secondary N) is 1. The number of hydrogen-bond acceptors (Lipinski definition) is 2. The van der Waals surface area contributed by atoms with Gasteiger partial charge in [-0.2, -0.15) is 0 Å². The molecule has 3 nitrogen and oxygen atoms in total. The molecule has 1 N–H and O–H groups in total. The van der Waals surface area contributed by atoms with E-state index >= 15 is 0 Å². The SMILES string of the molecule is COc1ccccc1C(=O)NC(C)(C)C(C)Br. The molecule has 4 heteroatoms. The van der Waals surface area contributed by atoms with Crippen LogP contribution in [0.2, 0.25) is 0 Å². The Morgan fingerprint density at radius 3 is 2.53 bits per heavy atom. The van der Waals surface area contributed by atoms with E-state index in [0.717, 1.165) is 0 Å². The summed E-state index contributed by atoms with van der Waals surface area (Å²) in [6.07, 6.45) is 0. The van der Waals surface area contributed by atoms with Gasteiger partial charge in [0.25, 0.3) is 5.91 Å². The monoisotopic (exact) mass is 299 g/mol. The minimum Gasteiger partial charge on any atom is -0.496 e. The van der Waals surface area contributed by atoms with Crippen LogP contribution in [0.15, 0.2) is 24.3 Å². The number of para-hydroxylation sites is 1. The fourth-order valence-corrected chi connectivity index (χ4v) is 1.41. The third-order valence-electron chi connectivity index (χ3n) is 2.78. The Hall–Kier alpha value is -1.03. The summed E-state index contributed by atoms with van der Waals surface area (Å²) in [6.45, 7) is 5.95. The Labute approximate surface area is 111 Å². The number of halogens is 1. The van der Waals surface area contributed by atoms with Crippen molar-refractivity contribution in [3.63, 3.8) is 0 Å². The van der Waals surface area contributed by atoms with Gasteiger partial charge in [-0.3, -0.25) is 4.79 Å². The highest BCUT2D eigenvalue weighted by Gasteiger charge is 2.27. The molecule has 0 radical (unpaired) electrons. The lowest BCUT2D eigenvalue weighted by Gasteiger charge is -2.29. The topological polar surface area (TPSA) is 38.3 Å². The summed E-state index contributed by atoms with van der Waals surface area (Å²) >= 11 is 3.49. The second kappa shape index (κ2) is 5.54. The van der Waals surface area contributed by atoms with Crippen LogP contribution in [-0.2, 0) is 0 Å². The molecule has 17 heavy (non-hydrogen) atoms. The maximum absolute atomic E-state index is 12.1. The summed E-state index contributed by atoms with van der Waals surface area (Å²) in [6, 6.07) is 7.19. The van der Waals surface area contributed by atoms with Gasteiger partial charge in [0.05, 0.1) is 12.7 Å². The van der Waals surface area contributed by atoms with E-state index in [1.807, 2.05) is 32.9 Å². The summed E-state index contributed by atoms with van der Waals surface area (Å²) in [5.41, 5.74) is 0.231. The fourth-order valence-electron chi connectivity index (χ4n) is 1.29. The number of alkyl halides is 1. The molecular formula is C13H18BrNO2. The van der Waals surface area contributed by atoms with Gasteiger partial charge in [-0.05, 0) is 26.0 Å². The molecule has 0 aliphatic carbocycles. The van der Waals surface area contributed by atoms with Crippen molar-refractivity contribution in [2.24, 2.45) is 0 Å². The van der Waals surface area contributed by atoms with Gasteiger partial charge in [0.2, 0.25) is 0 Å². The maximum atomic E-state index is 12.1. The Bertz CT molecular complexity index is 402. The standard InChI is InChI=1S/C13H18BrNO2/c1-9(14)13(2,3)15-12(16)10-7-5-6-8-11(10)17-4/h5-9H,1-4H3,(H,15,16). The number of carbonyl (C=O) groups is 1. The lowest BCUT2D eigenvalue weighted by molar-refractivity contribution is 0.0911. The van der Waals surface area contributed by atoms with Crippen molar-refractivity contribution in [2.75, 3.05) is 7.11 Å². The molecule has 0 saturated heterocycles. The maximum Gasteiger partial charge on any atom is 0.255 e. The van der Waals surface area contributed by atoms with Gasteiger partial charge in [0.15, 0.2) is 0 Å². The molecule has 1 atom stereocenters. The molecule has 0 heterocycles. The zero-order valence-electron chi connectivity index (χ0n) is 10.6. The molecule has 1 aromatic carbocycles. The van der Waals surface area contributed by atoms with Crippen LogP contribution < -0.4 is 10.1 Å². The average Bonchev–Trinajstić information content (AvgIpc) is 2.28. The van der Waals surface area contributed by atoms with Gasteiger partial charge in [-0.1, -0.05) is 35.0 Å². The van der Waals surface area contributed by atoms with Gasteiger partial charge in [0.1, 0.15) is 5.75 Å². The molecule has 0 fully saturated rings. The molecule has 1 amide bonds. The minimum atomic E-state index is -0.321. The largest absolute Gasteiger partial charge is 0.496 e. The number of amides is 1. The van der Waals surface area contributed by atoms with Crippen LogP contribution in [0.1, 0.15) is 31.1 Å². The first-order chi connectivity index (χ1) is 7.88. The van der Waals surface area contributed by atoms with E-state index in [0.29, 0.717) is 11.3 Å². The number of hydrogen-bond donors (Lipinski definition) is 1. The lowest BCUT2D eigenvalue weighted by atomic mass is 10.0. The average molecular weight is 300 g/mol. The van der Waals surface area contributed by atoms with Gasteiger partial charge >= 0.3 is 0 Å². The third-order valence-corrected chi connectivity index (χ3v) is 3.93. The zero-order chi connectivity index (χ0) is 13.1. The Kier molecular flexibility index (Phi) is 4.57. The first-order valence-electron chi connectivity index (χ1n) is 5.48. The molecule has 0 aliphatic heterocycles. The molecule has 0 bridgehead atoms. The summed E-state index contributed by atoms with van der Waals surface area (Å²) in [7, 11) is 1.56. The van der Waals surface area contributed by atoms with E-state index in [4.69, 9.17) is 4.74 Å². The summed E-state index contributed by atoms with van der Waals surface area (Å²) < 4.78 is 5.17. The second-order valence-electron chi connectivity index (χ2n) is 4.49. The molecule has 0 aliphatic rings. The summed E-state index contributed by atoms with van der Waals surface area (Å²) in [5, 5.41) is 2.98. The normalized spacial score (nSPS) is 13.0. The zero-order valence-corrected chi connectivity index (χ0v) is 12.2. The first kappa shape index (κ1) is 14.0. The quantitative estimate of drug-likeness (QED) is 0.868. The van der Waals surface area contributed by atoms with E-state index in [2.05, 4.69) is 21.2 Å². The summed E-state index contributed by atoms with van der Waals surface area (Å²) in [4.78, 5) is 12.3. The predicted molar refractivity (Wildman–Crippen MR) is 72.9 cm³/mol. The van der Waals surface area contributed by atoms with E-state index in [1.54, 1.807) is 19.2 Å². The van der Waals surface area contributed by atoms with Crippen LogP contribution in [0.25, 0.3) is 0 Å². The van der Waals surface area contributed by atoms with E-state index in [9.17, 15) is 4.79 Å². The van der Waals surface area contributed by atoms with Crippen LogP contribution in [0.3, 0.4) is 0 Å². The fraction of sp³-hybridized carbons (Fsp3) is 0.462. The van der Waals surface area contributed by atoms with Crippen LogP contribution in [0.4, 0.5) is 0 Å². The highest BCUT2D eigenvalue weighted by Crippen LogP contribution is 2.21. The molecule has 0 spiro atoms. The number of rotatable bonds is 4. The Balaban J connectivity index is 2.91. The van der Waals surface area contributed by atoms with Gasteiger partial charge < -0.3 is 10.1 Å². The van der Waals surface area contributed by atoms with Gasteiger partial charge in [-0.25, -0.2) is 0 Å². The van der Waals surface area contributed by atoms with Crippen LogP contribution in [-0.4, -0.2) is 23.4 Å². The van der Waals surface area contributed by atoms with Crippen molar-refractivity contribution in [2.45, 2.75) is 31.1 Å². The van der Waals surface area contributed by atoms with Gasteiger partial charge in [0, 0.05) is 10.4 Å². The summed E-state index contributed by atoms with van der Waals surface area (Å²) in [5.74, 6) is 0.460. The number of benzene rings is 1. The molecular weight excluding hydrogens is 282 g/mol. The second-order valence-corrected chi connectivity index (χ2v) is 5.87. The van der Waals surface area contributed by atoms with Crippen molar-refractivity contribution in [3.8, 4) is 5.75 Å². The van der Waals surface area contributed by atoms with Crippen LogP contribution in [0, 0.1) is 0 Å². The smallest absolute Gasteiger partial charge is 0.255 e. The van der Waals surface area contributed by atoms with Crippen LogP contribution in [0.5, 0.6) is 5.75 Å². The van der Waals surface area contributed by atoms with Crippen molar-refractivity contribution < 1.29 is 9.53 Å². The van der Waals surface area contributed by atoms with Crippen molar-refractivity contribution in [1.82, 2.24) is 5.32 Å². The highest BCUT2D eigenvalue weighted by atomic mass is 79.9. The van der Waals surface area contributed by atoms with Crippen molar-refractivity contribution >= 4 is 21.8 Å². The first-order valence-corrected chi connectivity index (χ1v) is 6.39. The molecule has 1 unspecified atom stereocenters. The van der Waals surface area contributed by atoms with Crippen molar-refractivity contribution in [3.05, 3.63) is 29.8 Å². The minimum absolute atomic E-state index is 0.126. The number of methoxy groups -OCH3 is 1. The number of carbonyl (C=O) groups excluding carboxylic acids is 1. The third kappa shape index (κ3) is 3.46. The Morgan fingerprint density at radius 1 is 1.41 bits per heavy atom. The van der Waals surface area contributed by atoms with E-state index in [1.165, 1.54) is 0 Å². The highest BCUT2D eigenvalue weighted by molar-refractivity contribution is 9.09. The number of ether oxygens (including phenoxy) is 1.